The van der Waals surface area contributed by atoms with Crippen LogP contribution in [-0.2, 0) is 4.79 Å². The van der Waals surface area contributed by atoms with Crippen molar-refractivity contribution >= 4 is 11.6 Å². The van der Waals surface area contributed by atoms with Gasteiger partial charge < -0.3 is 5.73 Å². The minimum atomic E-state index is 0.00901. The summed E-state index contributed by atoms with van der Waals surface area (Å²) >= 11 is 0. The molecule has 20 heavy (non-hydrogen) atoms. The minimum absolute atomic E-state index is 0.00901. The van der Waals surface area contributed by atoms with Crippen molar-refractivity contribution in [2.75, 3.05) is 0 Å². The summed E-state index contributed by atoms with van der Waals surface area (Å²) in [6.45, 7) is 5.41. The molecule has 0 saturated heterocycles. The quantitative estimate of drug-likeness (QED) is 0.370. The number of nitrogens with two attached hydrogens (primary N) is 1. The Morgan fingerprint density at radius 1 is 1.15 bits per heavy atom. The molecule has 0 aliphatic heterocycles. The molecule has 0 aromatic carbocycles. The molecule has 4 rings (SSSR count). The fraction of sp³-hybridized carbons (Fsp3) is 0.647. The molecule has 0 heterocycles. The first-order valence-electron chi connectivity index (χ1n) is 7.69. The van der Waals surface area contributed by atoms with E-state index in [0.717, 1.165) is 23.6 Å². The summed E-state index contributed by atoms with van der Waals surface area (Å²) in [6.07, 6.45) is 11.0. The molecule has 4 aliphatic carbocycles. The Hall–Kier alpha value is -1.38. The van der Waals surface area contributed by atoms with Crippen LogP contribution in [0.25, 0.3) is 0 Å². The van der Waals surface area contributed by atoms with Gasteiger partial charge in [0.2, 0.25) is 0 Å². The molecule has 4 saturated carbocycles. The van der Waals surface area contributed by atoms with Gasteiger partial charge in [0, 0.05) is 5.41 Å². The van der Waals surface area contributed by atoms with Gasteiger partial charge in [-0.05, 0) is 75.4 Å². The van der Waals surface area contributed by atoms with E-state index >= 15 is 0 Å². The number of amidine groups is 1. The average molecular weight is 272 g/mol. The predicted molar refractivity (Wildman–Crippen MR) is 81.2 cm³/mol. The largest absolute Gasteiger partial charge is 0.387 e. The molecular weight excluding hydrogens is 248 g/mol. The van der Waals surface area contributed by atoms with Crippen molar-refractivity contribution in [2.24, 2.45) is 33.9 Å². The van der Waals surface area contributed by atoms with E-state index in [-0.39, 0.29) is 11.2 Å². The topological polar surface area (TPSA) is 55.5 Å². The van der Waals surface area contributed by atoms with Crippen molar-refractivity contribution < 1.29 is 4.79 Å². The van der Waals surface area contributed by atoms with Gasteiger partial charge in [0.1, 0.15) is 5.84 Å². The minimum Gasteiger partial charge on any atom is -0.387 e. The van der Waals surface area contributed by atoms with Crippen LogP contribution in [0.2, 0.25) is 0 Å². The molecule has 3 heteroatoms. The summed E-state index contributed by atoms with van der Waals surface area (Å²) in [7, 11) is 0. The zero-order valence-corrected chi connectivity index (χ0v) is 12.3. The second kappa shape index (κ2) is 4.87. The molecule has 0 amide bonds. The summed E-state index contributed by atoms with van der Waals surface area (Å²) in [4.78, 5) is 15.4. The third-order valence-corrected chi connectivity index (χ3v) is 5.36. The van der Waals surface area contributed by atoms with E-state index in [1.807, 2.05) is 0 Å². The van der Waals surface area contributed by atoms with Gasteiger partial charge in [-0.2, -0.15) is 0 Å². The Morgan fingerprint density at radius 3 is 2.10 bits per heavy atom. The summed E-state index contributed by atoms with van der Waals surface area (Å²) in [5, 5.41) is 0. The van der Waals surface area contributed by atoms with Gasteiger partial charge in [-0.1, -0.05) is 6.58 Å². The van der Waals surface area contributed by atoms with Gasteiger partial charge in [-0.3, -0.25) is 4.79 Å². The highest BCUT2D eigenvalue weighted by atomic mass is 16.1. The molecule has 4 bridgehead atoms. The molecule has 0 radical (unpaired) electrons. The van der Waals surface area contributed by atoms with Crippen LogP contribution in [-0.4, -0.2) is 11.6 Å². The number of ketones is 1. The van der Waals surface area contributed by atoms with Gasteiger partial charge in [-0.15, -0.1) is 0 Å². The number of carbonyl (C=O) groups is 1. The monoisotopic (exact) mass is 272 g/mol. The smallest absolute Gasteiger partial charge is 0.152 e. The van der Waals surface area contributed by atoms with Crippen LogP contribution in [0.5, 0.6) is 0 Å². The van der Waals surface area contributed by atoms with Crippen molar-refractivity contribution in [3.63, 3.8) is 0 Å². The highest BCUT2D eigenvalue weighted by Crippen LogP contribution is 2.60. The van der Waals surface area contributed by atoms with Crippen LogP contribution in [0, 0.1) is 23.2 Å². The summed E-state index contributed by atoms with van der Waals surface area (Å²) in [6, 6.07) is 0. The molecular formula is C17H24N2O. The maximum Gasteiger partial charge on any atom is 0.152 e. The molecule has 0 spiro atoms. The fourth-order valence-electron chi connectivity index (χ4n) is 4.95. The third-order valence-electron chi connectivity index (χ3n) is 5.36. The Balaban J connectivity index is 1.78. The lowest BCUT2D eigenvalue weighted by Gasteiger charge is -2.56. The molecule has 4 aliphatic rings. The SMILES string of the molecule is C=C(/C=C\C(C)=O)N=C(N)C12CC3CC(CC(C3)C1)C2. The standard InChI is InChI=1S/C17H24N2O/c1-11(3-4-12(2)20)19-16(18)17-8-13-5-14(9-17)7-15(6-13)10-17/h3-4,13-15H,1,5-10H2,2H3,(H2,18,19)/b4-3-. The normalized spacial score (nSPS) is 39.5. The number of nitrogens with zero attached hydrogens (tertiary/aromatic N) is 1. The number of aliphatic imine (C=N–C) groups is 1. The molecule has 2 N–H and O–H groups in total. The Bertz CT molecular complexity index is 466. The number of rotatable bonds is 4. The Labute approximate surface area is 121 Å². The van der Waals surface area contributed by atoms with Crippen LogP contribution in [0.4, 0.5) is 0 Å². The van der Waals surface area contributed by atoms with E-state index < -0.39 is 0 Å². The van der Waals surface area contributed by atoms with Crippen LogP contribution < -0.4 is 5.73 Å². The number of allylic oxidation sites excluding steroid dienone is 2. The van der Waals surface area contributed by atoms with Crippen LogP contribution >= 0.6 is 0 Å². The van der Waals surface area contributed by atoms with Gasteiger partial charge in [0.15, 0.2) is 5.78 Å². The second-order valence-corrected chi connectivity index (χ2v) is 7.13. The van der Waals surface area contributed by atoms with Crippen molar-refractivity contribution in [2.45, 2.75) is 45.4 Å². The highest BCUT2D eigenvalue weighted by molar-refractivity contribution is 5.89. The molecule has 0 atom stereocenters. The zero-order valence-electron chi connectivity index (χ0n) is 12.3. The number of carbonyl (C=O) groups excluding carboxylic acids is 1. The van der Waals surface area contributed by atoms with Crippen molar-refractivity contribution in [3.8, 4) is 0 Å². The third kappa shape index (κ3) is 2.46. The van der Waals surface area contributed by atoms with Crippen LogP contribution in [0.3, 0.4) is 0 Å². The Morgan fingerprint density at radius 2 is 1.65 bits per heavy atom. The van der Waals surface area contributed by atoms with E-state index in [1.54, 1.807) is 6.08 Å². The lowest BCUT2D eigenvalue weighted by atomic mass is 9.49. The molecule has 108 valence electrons. The number of hydrogen-bond acceptors (Lipinski definition) is 2. The second-order valence-electron chi connectivity index (χ2n) is 7.13. The summed E-state index contributed by atoms with van der Waals surface area (Å²) in [5.74, 6) is 3.34. The van der Waals surface area contributed by atoms with Crippen LogP contribution in [0.1, 0.15) is 45.4 Å². The van der Waals surface area contributed by atoms with Crippen LogP contribution in [0.15, 0.2) is 29.4 Å². The predicted octanol–water partition coefficient (Wildman–Crippen LogP) is 3.22. The van der Waals surface area contributed by atoms with E-state index in [0.29, 0.717) is 5.70 Å². The summed E-state index contributed by atoms with van der Waals surface area (Å²) < 4.78 is 0. The zero-order chi connectivity index (χ0) is 14.3. The first-order chi connectivity index (χ1) is 9.47. The molecule has 0 aromatic rings. The maximum absolute atomic E-state index is 10.9. The highest BCUT2D eigenvalue weighted by Gasteiger charge is 2.52. The average Bonchev–Trinajstić information content (AvgIpc) is 2.34. The first kappa shape index (κ1) is 13.6. The van der Waals surface area contributed by atoms with Gasteiger partial charge in [0.25, 0.3) is 0 Å². The molecule has 3 nitrogen and oxygen atoms in total. The van der Waals surface area contributed by atoms with E-state index in [9.17, 15) is 4.79 Å². The fourth-order valence-corrected chi connectivity index (χ4v) is 4.95. The van der Waals surface area contributed by atoms with Crippen molar-refractivity contribution in [1.29, 1.82) is 0 Å². The van der Waals surface area contributed by atoms with Crippen molar-refractivity contribution in [1.82, 2.24) is 0 Å². The van der Waals surface area contributed by atoms with Gasteiger partial charge in [0.05, 0.1) is 5.70 Å². The van der Waals surface area contributed by atoms with Gasteiger partial charge >= 0.3 is 0 Å². The molecule has 0 aromatic heterocycles. The van der Waals surface area contributed by atoms with Gasteiger partial charge in [-0.25, -0.2) is 4.99 Å². The first-order valence-corrected chi connectivity index (χ1v) is 7.69. The summed E-state index contributed by atoms with van der Waals surface area (Å²) in [5.41, 5.74) is 7.07. The van der Waals surface area contributed by atoms with E-state index in [4.69, 9.17) is 5.73 Å². The number of hydrogen-bond donors (Lipinski definition) is 1. The molecule has 0 unspecified atom stereocenters. The lowest BCUT2D eigenvalue weighted by Crippen LogP contribution is -2.52. The van der Waals surface area contributed by atoms with Crippen molar-refractivity contribution in [3.05, 3.63) is 24.4 Å². The maximum atomic E-state index is 10.9. The van der Waals surface area contributed by atoms with E-state index in [1.165, 1.54) is 51.5 Å². The molecule has 4 fully saturated rings. The van der Waals surface area contributed by atoms with E-state index in [2.05, 4.69) is 11.6 Å². The lowest BCUT2D eigenvalue weighted by molar-refractivity contribution is -0.112. The Kier molecular flexibility index (Phi) is 3.31.